The minimum absolute atomic E-state index is 0.257. The average molecular weight is 306 g/mol. The van der Waals surface area contributed by atoms with Gasteiger partial charge in [0.1, 0.15) is 0 Å². The van der Waals surface area contributed by atoms with Gasteiger partial charge in [-0.25, -0.2) is 0 Å². The lowest BCUT2D eigenvalue weighted by molar-refractivity contribution is 0.310. The molecule has 0 aliphatic heterocycles. The van der Waals surface area contributed by atoms with E-state index in [1.807, 2.05) is 11.7 Å². The van der Waals surface area contributed by atoms with Crippen molar-refractivity contribution in [2.75, 3.05) is 12.4 Å². The fourth-order valence-corrected chi connectivity index (χ4v) is 2.66. The molecule has 0 radical (unpaired) electrons. The van der Waals surface area contributed by atoms with Gasteiger partial charge in [0.05, 0.1) is 16.4 Å². The smallest absolute Gasteiger partial charge is 0.0863 e. The van der Waals surface area contributed by atoms with Crippen molar-refractivity contribution in [2.45, 2.75) is 46.6 Å². The first-order valence-electron chi connectivity index (χ1n) is 6.88. The normalized spacial score (nSPS) is 12.1. The number of hydrogen-bond acceptors (Lipinski definition) is 2. The topological polar surface area (TPSA) is 29.9 Å². The van der Waals surface area contributed by atoms with Gasteiger partial charge in [-0.05, 0) is 24.7 Å². The maximum absolute atomic E-state index is 6.32. The van der Waals surface area contributed by atoms with Crippen LogP contribution in [0.4, 0.5) is 0 Å². The molecule has 3 nitrogen and oxygen atoms in total. The summed E-state index contributed by atoms with van der Waals surface area (Å²) in [6.45, 7) is 8.30. The Morgan fingerprint density at radius 3 is 2.58 bits per heavy atom. The number of aryl methyl sites for hydroxylation is 2. The predicted molar refractivity (Wildman–Crippen MR) is 83.0 cm³/mol. The molecule has 5 heteroatoms. The highest BCUT2D eigenvalue weighted by atomic mass is 35.5. The Morgan fingerprint density at radius 1 is 1.37 bits per heavy atom. The standard InChI is InChI=1S/C14H25Cl2N3/c1-5-11-13(16)12(19(4)18-11)9-17-10-14(2,3)7-6-8-15/h17H,5-10H2,1-4H3. The van der Waals surface area contributed by atoms with Crippen molar-refractivity contribution in [3.05, 3.63) is 16.4 Å². The van der Waals surface area contributed by atoms with Gasteiger partial charge in [-0.1, -0.05) is 32.4 Å². The summed E-state index contributed by atoms with van der Waals surface area (Å²) in [6, 6.07) is 0. The molecule has 0 saturated heterocycles. The van der Waals surface area contributed by atoms with Crippen LogP contribution in [0.15, 0.2) is 0 Å². The number of nitrogens with zero attached hydrogens (tertiary/aromatic N) is 2. The van der Waals surface area contributed by atoms with E-state index >= 15 is 0 Å². The van der Waals surface area contributed by atoms with E-state index in [1.165, 1.54) is 0 Å². The summed E-state index contributed by atoms with van der Waals surface area (Å²) in [5.74, 6) is 0.733. The van der Waals surface area contributed by atoms with Crippen LogP contribution in [0.2, 0.25) is 5.02 Å². The monoisotopic (exact) mass is 305 g/mol. The zero-order chi connectivity index (χ0) is 14.5. The van der Waals surface area contributed by atoms with E-state index in [-0.39, 0.29) is 5.41 Å². The third-order valence-electron chi connectivity index (χ3n) is 3.39. The van der Waals surface area contributed by atoms with Gasteiger partial charge in [0.15, 0.2) is 0 Å². The third-order valence-corrected chi connectivity index (χ3v) is 4.09. The van der Waals surface area contributed by atoms with Crippen LogP contribution < -0.4 is 5.32 Å². The van der Waals surface area contributed by atoms with Crippen LogP contribution in [0.5, 0.6) is 0 Å². The van der Waals surface area contributed by atoms with E-state index in [0.717, 1.165) is 54.6 Å². The second kappa shape index (κ2) is 7.51. The van der Waals surface area contributed by atoms with Crippen LogP contribution in [-0.2, 0) is 20.0 Å². The summed E-state index contributed by atoms with van der Waals surface area (Å²) in [5.41, 5.74) is 2.29. The zero-order valence-corrected chi connectivity index (χ0v) is 13.9. The molecule has 0 aromatic carbocycles. The van der Waals surface area contributed by atoms with Crippen LogP contribution in [0.3, 0.4) is 0 Å². The minimum atomic E-state index is 0.257. The molecule has 0 aliphatic rings. The Kier molecular flexibility index (Phi) is 6.64. The second-order valence-corrected chi connectivity index (χ2v) is 6.50. The maximum atomic E-state index is 6.32. The lowest BCUT2D eigenvalue weighted by atomic mass is 9.88. The Balaban J connectivity index is 2.51. The summed E-state index contributed by atoms with van der Waals surface area (Å²) in [6.07, 6.45) is 3.05. The molecule has 0 unspecified atom stereocenters. The molecule has 0 aliphatic carbocycles. The highest BCUT2D eigenvalue weighted by Gasteiger charge is 2.18. The first kappa shape index (κ1) is 16.8. The van der Waals surface area contributed by atoms with Gasteiger partial charge in [-0.3, -0.25) is 4.68 Å². The zero-order valence-electron chi connectivity index (χ0n) is 12.4. The van der Waals surface area contributed by atoms with E-state index in [2.05, 4.69) is 31.2 Å². The molecular formula is C14H25Cl2N3. The maximum Gasteiger partial charge on any atom is 0.0863 e. The van der Waals surface area contributed by atoms with Crippen LogP contribution >= 0.6 is 23.2 Å². The van der Waals surface area contributed by atoms with Gasteiger partial charge in [0, 0.05) is 26.0 Å². The Labute approximate surface area is 126 Å². The van der Waals surface area contributed by atoms with Crippen LogP contribution in [-0.4, -0.2) is 22.2 Å². The van der Waals surface area contributed by atoms with Crippen molar-refractivity contribution < 1.29 is 0 Å². The van der Waals surface area contributed by atoms with Crippen LogP contribution in [0.25, 0.3) is 0 Å². The van der Waals surface area contributed by atoms with E-state index in [9.17, 15) is 0 Å². The van der Waals surface area contributed by atoms with Crippen molar-refractivity contribution in [2.24, 2.45) is 12.5 Å². The molecule has 1 aromatic rings. The number of rotatable bonds is 8. The minimum Gasteiger partial charge on any atom is -0.311 e. The molecule has 1 aromatic heterocycles. The highest BCUT2D eigenvalue weighted by Crippen LogP contribution is 2.23. The summed E-state index contributed by atoms with van der Waals surface area (Å²) in [4.78, 5) is 0. The van der Waals surface area contributed by atoms with Gasteiger partial charge in [0.25, 0.3) is 0 Å². The van der Waals surface area contributed by atoms with E-state index in [1.54, 1.807) is 0 Å². The average Bonchev–Trinajstić information content (AvgIpc) is 2.63. The third kappa shape index (κ3) is 4.97. The number of alkyl halides is 1. The van der Waals surface area contributed by atoms with Gasteiger partial charge in [-0.2, -0.15) is 5.10 Å². The largest absolute Gasteiger partial charge is 0.311 e. The number of halogens is 2. The number of hydrogen-bond donors (Lipinski definition) is 1. The Morgan fingerprint density at radius 2 is 2.05 bits per heavy atom. The molecule has 0 amide bonds. The quantitative estimate of drug-likeness (QED) is 0.741. The summed E-state index contributed by atoms with van der Waals surface area (Å²) >= 11 is 12.1. The summed E-state index contributed by atoms with van der Waals surface area (Å²) in [5, 5.41) is 8.70. The molecular weight excluding hydrogens is 281 g/mol. The second-order valence-electron chi connectivity index (χ2n) is 5.74. The van der Waals surface area contributed by atoms with Crippen LogP contribution in [0.1, 0.15) is 45.0 Å². The Bertz CT molecular complexity index is 400. The molecule has 0 bridgehead atoms. The number of aromatic nitrogens is 2. The molecule has 0 fully saturated rings. The SMILES string of the molecule is CCc1nn(C)c(CNCC(C)(C)CCCCl)c1Cl. The van der Waals surface area contributed by atoms with Crippen LogP contribution in [0, 0.1) is 5.41 Å². The summed E-state index contributed by atoms with van der Waals surface area (Å²) in [7, 11) is 1.95. The van der Waals surface area contributed by atoms with Gasteiger partial charge in [-0.15, -0.1) is 11.6 Å². The molecule has 1 rings (SSSR count). The highest BCUT2D eigenvalue weighted by molar-refractivity contribution is 6.31. The fraction of sp³-hybridized carbons (Fsp3) is 0.786. The lowest BCUT2D eigenvalue weighted by Crippen LogP contribution is -2.29. The molecule has 0 atom stereocenters. The number of nitrogens with one attached hydrogen (secondary N) is 1. The molecule has 0 spiro atoms. The Hall–Kier alpha value is -0.250. The van der Waals surface area contributed by atoms with Gasteiger partial charge < -0.3 is 5.32 Å². The lowest BCUT2D eigenvalue weighted by Gasteiger charge is -2.24. The fourth-order valence-electron chi connectivity index (χ4n) is 2.16. The van der Waals surface area contributed by atoms with Crippen molar-refractivity contribution >= 4 is 23.2 Å². The molecule has 1 N–H and O–H groups in total. The van der Waals surface area contributed by atoms with Crippen molar-refractivity contribution in [3.8, 4) is 0 Å². The first-order chi connectivity index (χ1) is 8.91. The van der Waals surface area contributed by atoms with E-state index in [4.69, 9.17) is 23.2 Å². The molecule has 1 heterocycles. The van der Waals surface area contributed by atoms with Gasteiger partial charge >= 0.3 is 0 Å². The van der Waals surface area contributed by atoms with Crippen molar-refractivity contribution in [1.82, 2.24) is 15.1 Å². The van der Waals surface area contributed by atoms with Gasteiger partial charge in [0.2, 0.25) is 0 Å². The first-order valence-corrected chi connectivity index (χ1v) is 7.79. The molecule has 110 valence electrons. The van der Waals surface area contributed by atoms with Crippen molar-refractivity contribution in [3.63, 3.8) is 0 Å². The predicted octanol–water partition coefficient (Wildman–Crippen LogP) is 3.77. The molecule has 0 saturated carbocycles. The van der Waals surface area contributed by atoms with Crippen molar-refractivity contribution in [1.29, 1.82) is 0 Å². The molecule has 19 heavy (non-hydrogen) atoms. The summed E-state index contributed by atoms with van der Waals surface area (Å²) < 4.78 is 1.87. The van der Waals surface area contributed by atoms with E-state index in [0.29, 0.717) is 0 Å². The van der Waals surface area contributed by atoms with E-state index < -0.39 is 0 Å².